The molecule has 0 radical (unpaired) electrons. The van der Waals surface area contributed by atoms with E-state index in [2.05, 4.69) is 20.6 Å². The molecule has 0 saturated heterocycles. The SMILES string of the molecule is c1cnc2c(c1)-c1sc3c4ccncc4oc3[n+]1C2. The molecule has 4 aromatic rings. The van der Waals surface area contributed by atoms with Gasteiger partial charge in [0.15, 0.2) is 16.8 Å². The van der Waals surface area contributed by atoms with Gasteiger partial charge in [-0.2, -0.15) is 0 Å². The highest BCUT2D eigenvalue weighted by Crippen LogP contribution is 2.38. The van der Waals surface area contributed by atoms with E-state index in [-0.39, 0.29) is 0 Å². The van der Waals surface area contributed by atoms with Crippen molar-refractivity contribution in [3.8, 4) is 10.6 Å². The monoisotopic (exact) mass is 266 g/mol. The highest BCUT2D eigenvalue weighted by molar-refractivity contribution is 7.22. The van der Waals surface area contributed by atoms with E-state index in [1.165, 1.54) is 15.3 Å². The summed E-state index contributed by atoms with van der Waals surface area (Å²) in [6.07, 6.45) is 5.42. The summed E-state index contributed by atoms with van der Waals surface area (Å²) >= 11 is 1.77. The van der Waals surface area contributed by atoms with Crippen LogP contribution in [-0.4, -0.2) is 9.97 Å². The maximum absolute atomic E-state index is 5.95. The number of hydrogen-bond donors (Lipinski definition) is 0. The highest BCUT2D eigenvalue weighted by atomic mass is 32.1. The third kappa shape index (κ3) is 1.11. The third-order valence-corrected chi connectivity index (χ3v) is 4.78. The molecule has 5 heteroatoms. The van der Waals surface area contributed by atoms with E-state index in [0.717, 1.165) is 28.9 Å². The molecule has 0 bridgehead atoms. The fourth-order valence-electron chi connectivity index (χ4n) is 2.69. The van der Waals surface area contributed by atoms with Crippen LogP contribution in [0.5, 0.6) is 0 Å². The fourth-order valence-corrected chi connectivity index (χ4v) is 3.95. The Kier molecular flexibility index (Phi) is 1.62. The van der Waals surface area contributed by atoms with E-state index < -0.39 is 0 Å². The molecule has 1 aliphatic rings. The second-order valence-electron chi connectivity index (χ2n) is 4.60. The zero-order chi connectivity index (χ0) is 12.4. The Morgan fingerprint density at radius 1 is 1.26 bits per heavy atom. The van der Waals surface area contributed by atoms with Gasteiger partial charge in [-0.15, -0.1) is 4.57 Å². The number of thiazole rings is 1. The molecular formula is C14H8N3OS+. The summed E-state index contributed by atoms with van der Waals surface area (Å²) in [6.45, 7) is 0.790. The predicted octanol–water partition coefficient (Wildman–Crippen LogP) is 2.75. The van der Waals surface area contributed by atoms with Gasteiger partial charge in [-0.25, -0.2) is 0 Å². The van der Waals surface area contributed by atoms with Gasteiger partial charge in [0.1, 0.15) is 5.69 Å². The second-order valence-corrected chi connectivity index (χ2v) is 5.60. The topological polar surface area (TPSA) is 42.8 Å². The Morgan fingerprint density at radius 2 is 2.26 bits per heavy atom. The lowest BCUT2D eigenvalue weighted by molar-refractivity contribution is -0.648. The Labute approximate surface area is 112 Å². The lowest BCUT2D eigenvalue weighted by Gasteiger charge is -1.88. The summed E-state index contributed by atoms with van der Waals surface area (Å²) in [5, 5.41) is 2.37. The number of hydrogen-bond acceptors (Lipinski definition) is 4. The zero-order valence-electron chi connectivity index (χ0n) is 9.83. The van der Waals surface area contributed by atoms with Crippen LogP contribution in [0, 0.1) is 0 Å². The number of rotatable bonds is 0. The summed E-state index contributed by atoms with van der Waals surface area (Å²) in [5.74, 6) is 0. The predicted molar refractivity (Wildman–Crippen MR) is 71.9 cm³/mol. The fraction of sp³-hybridized carbons (Fsp3) is 0.0714. The van der Waals surface area contributed by atoms with Gasteiger partial charge < -0.3 is 4.42 Å². The van der Waals surface area contributed by atoms with Crippen LogP contribution in [0.4, 0.5) is 0 Å². The van der Waals surface area contributed by atoms with Crippen LogP contribution in [0.2, 0.25) is 0 Å². The van der Waals surface area contributed by atoms with Crippen molar-refractivity contribution in [2.75, 3.05) is 0 Å². The van der Waals surface area contributed by atoms with E-state index >= 15 is 0 Å². The summed E-state index contributed by atoms with van der Waals surface area (Å²) in [5.41, 5.74) is 4.12. The molecule has 5 rings (SSSR count). The Balaban J connectivity index is 1.93. The van der Waals surface area contributed by atoms with Crippen molar-refractivity contribution in [1.82, 2.24) is 9.97 Å². The molecule has 0 fully saturated rings. The van der Waals surface area contributed by atoms with Gasteiger partial charge in [0.2, 0.25) is 0 Å². The lowest BCUT2D eigenvalue weighted by atomic mass is 10.2. The molecule has 19 heavy (non-hydrogen) atoms. The molecule has 0 unspecified atom stereocenters. The third-order valence-electron chi connectivity index (χ3n) is 3.55. The van der Waals surface area contributed by atoms with Crippen LogP contribution in [0.25, 0.3) is 32.0 Å². The minimum Gasteiger partial charge on any atom is -0.402 e. The standard InChI is InChI=1S/C14H8N3OS/c1-2-8-10(16-4-1)7-17-13-12(19-14(8)17)9-3-5-15-6-11(9)18-13/h1-6H,7H2/q+1. The van der Waals surface area contributed by atoms with Crippen LogP contribution >= 0.6 is 11.3 Å². The Morgan fingerprint density at radius 3 is 3.26 bits per heavy atom. The van der Waals surface area contributed by atoms with E-state index in [9.17, 15) is 0 Å². The number of fused-ring (bicyclic) bond motifs is 7. The number of nitrogens with zero attached hydrogens (tertiary/aromatic N) is 3. The van der Waals surface area contributed by atoms with Crippen LogP contribution in [0.1, 0.15) is 5.69 Å². The van der Waals surface area contributed by atoms with Crippen molar-refractivity contribution in [3.63, 3.8) is 0 Å². The van der Waals surface area contributed by atoms with Gasteiger partial charge in [-0.05, 0) is 18.2 Å². The van der Waals surface area contributed by atoms with E-state index in [1.54, 1.807) is 17.5 Å². The summed E-state index contributed by atoms with van der Waals surface area (Å²) in [4.78, 5) is 8.55. The van der Waals surface area contributed by atoms with Crippen molar-refractivity contribution in [1.29, 1.82) is 0 Å². The molecule has 0 aliphatic carbocycles. The van der Waals surface area contributed by atoms with Crippen LogP contribution in [-0.2, 0) is 6.54 Å². The van der Waals surface area contributed by atoms with Gasteiger partial charge in [0.05, 0.1) is 11.8 Å². The minimum atomic E-state index is 0.790. The minimum absolute atomic E-state index is 0.790. The highest BCUT2D eigenvalue weighted by Gasteiger charge is 2.35. The van der Waals surface area contributed by atoms with Crippen LogP contribution < -0.4 is 4.57 Å². The average molecular weight is 266 g/mol. The van der Waals surface area contributed by atoms with Gasteiger partial charge in [0.25, 0.3) is 5.01 Å². The lowest BCUT2D eigenvalue weighted by Crippen LogP contribution is -2.30. The first-order chi connectivity index (χ1) is 9.42. The van der Waals surface area contributed by atoms with Gasteiger partial charge in [0, 0.05) is 17.8 Å². The molecule has 4 nitrogen and oxygen atoms in total. The molecule has 5 heterocycles. The maximum Gasteiger partial charge on any atom is 0.393 e. The van der Waals surface area contributed by atoms with E-state index in [1.807, 2.05) is 24.5 Å². The van der Waals surface area contributed by atoms with Gasteiger partial charge in [-0.1, -0.05) is 11.3 Å². The molecule has 90 valence electrons. The first-order valence-electron chi connectivity index (χ1n) is 6.05. The van der Waals surface area contributed by atoms with Crippen molar-refractivity contribution in [2.45, 2.75) is 6.54 Å². The number of aromatic nitrogens is 3. The van der Waals surface area contributed by atoms with E-state index in [4.69, 9.17) is 4.42 Å². The van der Waals surface area contributed by atoms with Gasteiger partial charge >= 0.3 is 5.71 Å². The first-order valence-corrected chi connectivity index (χ1v) is 6.86. The molecule has 1 aliphatic heterocycles. The van der Waals surface area contributed by atoms with Crippen LogP contribution in [0.3, 0.4) is 0 Å². The average Bonchev–Trinajstić information content (AvgIpc) is 3.07. The van der Waals surface area contributed by atoms with Crippen LogP contribution in [0.15, 0.2) is 41.2 Å². The molecule has 0 spiro atoms. The van der Waals surface area contributed by atoms with Crippen molar-refractivity contribution >= 4 is 32.7 Å². The summed E-state index contributed by atoms with van der Waals surface area (Å²) in [7, 11) is 0. The zero-order valence-corrected chi connectivity index (χ0v) is 10.6. The Hall–Kier alpha value is -2.27. The smallest absolute Gasteiger partial charge is 0.393 e. The normalized spacial score (nSPS) is 13.1. The summed E-state index contributed by atoms with van der Waals surface area (Å²) in [6, 6.07) is 6.12. The number of furan rings is 1. The van der Waals surface area contributed by atoms with Crippen molar-refractivity contribution < 1.29 is 8.98 Å². The van der Waals surface area contributed by atoms with Crippen molar-refractivity contribution in [2.24, 2.45) is 0 Å². The van der Waals surface area contributed by atoms with Crippen molar-refractivity contribution in [3.05, 3.63) is 42.5 Å². The molecule has 0 saturated carbocycles. The first kappa shape index (κ1) is 9.63. The molecule has 0 N–H and O–H groups in total. The number of pyridine rings is 2. The largest absolute Gasteiger partial charge is 0.402 e. The molecule has 4 aromatic heterocycles. The molecular weight excluding hydrogens is 258 g/mol. The summed E-state index contributed by atoms with van der Waals surface area (Å²) < 4.78 is 9.35. The van der Waals surface area contributed by atoms with Gasteiger partial charge in [-0.3, -0.25) is 9.97 Å². The quantitative estimate of drug-likeness (QED) is 0.405. The Bertz CT molecular complexity index is 954. The second kappa shape index (κ2) is 3.19. The maximum atomic E-state index is 5.95. The van der Waals surface area contributed by atoms with E-state index in [0.29, 0.717) is 0 Å². The molecule has 0 amide bonds. The molecule has 0 atom stereocenters. The molecule has 0 aromatic carbocycles.